The Hall–Kier alpha value is -3.93. The summed E-state index contributed by atoms with van der Waals surface area (Å²) in [6.45, 7) is 1.29. The van der Waals surface area contributed by atoms with Crippen molar-refractivity contribution in [3.05, 3.63) is 107 Å². The first-order valence-corrected chi connectivity index (χ1v) is 10.2. The average Bonchev–Trinajstić information content (AvgIpc) is 2.82. The molecular weight excluding hydrogens is 388 g/mol. The lowest BCUT2D eigenvalue weighted by atomic mass is 10.1. The molecule has 0 aliphatic heterocycles. The summed E-state index contributed by atoms with van der Waals surface area (Å²) in [5.74, 6) is 1.40. The highest BCUT2D eigenvalue weighted by atomic mass is 16.5. The van der Waals surface area contributed by atoms with Gasteiger partial charge < -0.3 is 9.64 Å². The van der Waals surface area contributed by atoms with Crippen molar-refractivity contribution in [2.24, 2.45) is 0 Å². The van der Waals surface area contributed by atoms with Gasteiger partial charge in [-0.1, -0.05) is 48.5 Å². The molecule has 1 N–H and O–H groups in total. The van der Waals surface area contributed by atoms with E-state index in [2.05, 4.69) is 33.1 Å². The first-order valence-electron chi connectivity index (χ1n) is 10.2. The fourth-order valence-corrected chi connectivity index (χ4v) is 3.49. The maximum Gasteiger partial charge on any atom is 0.252 e. The lowest BCUT2D eigenvalue weighted by Crippen LogP contribution is -2.29. The van der Waals surface area contributed by atoms with Crippen molar-refractivity contribution >= 4 is 5.95 Å². The molecule has 2 aromatic carbocycles. The highest BCUT2D eigenvalue weighted by Crippen LogP contribution is 2.21. The van der Waals surface area contributed by atoms with E-state index < -0.39 is 0 Å². The van der Waals surface area contributed by atoms with Crippen LogP contribution in [0.3, 0.4) is 0 Å². The second-order valence-corrected chi connectivity index (χ2v) is 7.16. The summed E-state index contributed by atoms with van der Waals surface area (Å²) in [5.41, 5.74) is 3.53. The zero-order valence-electron chi connectivity index (χ0n) is 17.4. The molecule has 0 saturated heterocycles. The Bertz CT molecular complexity index is 1180. The van der Waals surface area contributed by atoms with Crippen molar-refractivity contribution in [2.45, 2.75) is 13.0 Å². The SMILES string of the molecule is COc1ccccc1CCN(Cc1ccccc1)c1nc(-c2ccncc2)cc(=O)[nH]1. The molecule has 0 aliphatic carbocycles. The second kappa shape index (κ2) is 9.71. The van der Waals surface area contributed by atoms with E-state index in [0.717, 1.165) is 28.9 Å². The number of hydrogen-bond donors (Lipinski definition) is 1. The topological polar surface area (TPSA) is 71.1 Å². The van der Waals surface area contributed by atoms with Crippen molar-refractivity contribution in [1.29, 1.82) is 0 Å². The Balaban J connectivity index is 1.67. The summed E-state index contributed by atoms with van der Waals surface area (Å²) in [6.07, 6.45) is 4.14. The van der Waals surface area contributed by atoms with Gasteiger partial charge in [0, 0.05) is 37.1 Å². The molecule has 2 heterocycles. The number of rotatable bonds is 8. The molecule has 0 radical (unpaired) electrons. The molecule has 6 nitrogen and oxygen atoms in total. The number of para-hydroxylation sites is 1. The van der Waals surface area contributed by atoms with E-state index in [4.69, 9.17) is 9.72 Å². The van der Waals surface area contributed by atoms with Gasteiger partial charge >= 0.3 is 0 Å². The molecule has 4 aromatic rings. The van der Waals surface area contributed by atoms with Crippen LogP contribution in [0.2, 0.25) is 0 Å². The summed E-state index contributed by atoms with van der Waals surface area (Å²) in [5, 5.41) is 0. The number of anilines is 1. The minimum atomic E-state index is -0.188. The van der Waals surface area contributed by atoms with E-state index >= 15 is 0 Å². The van der Waals surface area contributed by atoms with E-state index in [9.17, 15) is 4.79 Å². The molecule has 0 aliphatic rings. The number of methoxy groups -OCH3 is 1. The number of ether oxygens (including phenoxy) is 1. The second-order valence-electron chi connectivity index (χ2n) is 7.16. The molecule has 31 heavy (non-hydrogen) atoms. The minimum absolute atomic E-state index is 0.188. The van der Waals surface area contributed by atoms with Gasteiger partial charge in [0.25, 0.3) is 5.56 Å². The van der Waals surface area contributed by atoms with Gasteiger partial charge in [-0.2, -0.15) is 0 Å². The van der Waals surface area contributed by atoms with E-state index in [1.54, 1.807) is 19.5 Å². The van der Waals surface area contributed by atoms with Gasteiger partial charge in [-0.25, -0.2) is 4.98 Å². The molecule has 0 fully saturated rings. The van der Waals surface area contributed by atoms with E-state index in [1.165, 1.54) is 6.07 Å². The average molecular weight is 412 g/mol. The fourth-order valence-electron chi connectivity index (χ4n) is 3.49. The number of aromatic nitrogens is 3. The number of aromatic amines is 1. The molecule has 0 unspecified atom stereocenters. The molecular formula is C25H24N4O2. The van der Waals surface area contributed by atoms with Crippen molar-refractivity contribution in [1.82, 2.24) is 15.0 Å². The maximum atomic E-state index is 12.5. The third-order valence-electron chi connectivity index (χ3n) is 5.06. The van der Waals surface area contributed by atoms with E-state index in [1.807, 2.05) is 48.5 Å². The third-order valence-corrected chi connectivity index (χ3v) is 5.06. The number of benzene rings is 2. The zero-order chi connectivity index (χ0) is 21.5. The summed E-state index contributed by atoms with van der Waals surface area (Å²) in [4.78, 5) is 26.3. The van der Waals surface area contributed by atoms with Crippen molar-refractivity contribution < 1.29 is 4.74 Å². The lowest BCUT2D eigenvalue weighted by molar-refractivity contribution is 0.409. The number of pyridine rings is 1. The Morgan fingerprint density at radius 3 is 2.48 bits per heavy atom. The number of nitrogens with one attached hydrogen (secondary N) is 1. The van der Waals surface area contributed by atoms with Crippen LogP contribution in [0.25, 0.3) is 11.3 Å². The van der Waals surface area contributed by atoms with Gasteiger partial charge in [0.2, 0.25) is 5.95 Å². The molecule has 156 valence electrons. The van der Waals surface area contributed by atoms with Crippen LogP contribution in [0.15, 0.2) is 90.0 Å². The first-order chi connectivity index (χ1) is 15.2. The molecule has 0 saturated carbocycles. The smallest absolute Gasteiger partial charge is 0.252 e. The maximum absolute atomic E-state index is 12.5. The summed E-state index contributed by atoms with van der Waals surface area (Å²) in [6, 6.07) is 23.3. The van der Waals surface area contributed by atoms with E-state index in [-0.39, 0.29) is 5.56 Å². The lowest BCUT2D eigenvalue weighted by Gasteiger charge is -2.24. The van der Waals surface area contributed by atoms with Gasteiger partial charge in [0.05, 0.1) is 12.8 Å². The van der Waals surface area contributed by atoms with Crippen LogP contribution in [-0.4, -0.2) is 28.6 Å². The third kappa shape index (κ3) is 5.17. The van der Waals surface area contributed by atoms with Crippen molar-refractivity contribution in [3.63, 3.8) is 0 Å². The Morgan fingerprint density at radius 1 is 0.968 bits per heavy atom. The predicted octanol–water partition coefficient (Wildman–Crippen LogP) is 4.09. The van der Waals surface area contributed by atoms with Crippen LogP contribution in [0, 0.1) is 0 Å². The van der Waals surface area contributed by atoms with Crippen LogP contribution in [-0.2, 0) is 13.0 Å². The minimum Gasteiger partial charge on any atom is -0.496 e. The number of nitrogens with zero attached hydrogens (tertiary/aromatic N) is 3. The molecule has 0 amide bonds. The molecule has 0 spiro atoms. The fraction of sp³-hybridized carbons (Fsp3) is 0.160. The molecule has 0 bridgehead atoms. The van der Waals surface area contributed by atoms with Crippen molar-refractivity contribution in [2.75, 3.05) is 18.6 Å². The highest BCUT2D eigenvalue weighted by molar-refractivity contribution is 5.59. The van der Waals surface area contributed by atoms with Gasteiger partial charge in [0.15, 0.2) is 0 Å². The normalized spacial score (nSPS) is 10.6. The summed E-state index contributed by atoms with van der Waals surface area (Å²) >= 11 is 0. The zero-order valence-corrected chi connectivity index (χ0v) is 17.4. The quantitative estimate of drug-likeness (QED) is 0.472. The van der Waals surface area contributed by atoms with Gasteiger partial charge in [0.1, 0.15) is 5.75 Å². The van der Waals surface area contributed by atoms with Crippen LogP contribution < -0.4 is 15.2 Å². The van der Waals surface area contributed by atoms with E-state index in [0.29, 0.717) is 24.7 Å². The standard InChI is InChI=1S/C25H24N4O2/c1-31-23-10-6-5-9-21(23)13-16-29(18-19-7-3-2-4-8-19)25-27-22(17-24(30)28-25)20-11-14-26-15-12-20/h2-12,14-15,17H,13,16,18H2,1H3,(H,27,28,30). The number of hydrogen-bond acceptors (Lipinski definition) is 5. The Kier molecular flexibility index (Phi) is 6.38. The monoisotopic (exact) mass is 412 g/mol. The van der Waals surface area contributed by atoms with Crippen LogP contribution in [0.4, 0.5) is 5.95 Å². The molecule has 4 rings (SSSR count). The largest absolute Gasteiger partial charge is 0.496 e. The Labute approximate surface area is 181 Å². The highest BCUT2D eigenvalue weighted by Gasteiger charge is 2.14. The number of H-pyrrole nitrogens is 1. The molecule has 6 heteroatoms. The van der Waals surface area contributed by atoms with Gasteiger partial charge in [-0.3, -0.25) is 14.8 Å². The molecule has 2 aromatic heterocycles. The summed E-state index contributed by atoms with van der Waals surface area (Å²) < 4.78 is 5.50. The van der Waals surface area contributed by atoms with Crippen molar-refractivity contribution in [3.8, 4) is 17.0 Å². The van der Waals surface area contributed by atoms with Gasteiger partial charge in [-0.05, 0) is 35.7 Å². The Morgan fingerprint density at radius 2 is 1.71 bits per heavy atom. The molecule has 0 atom stereocenters. The van der Waals surface area contributed by atoms with Crippen LogP contribution in [0.5, 0.6) is 5.75 Å². The first kappa shape index (κ1) is 20.3. The van der Waals surface area contributed by atoms with Crippen LogP contribution >= 0.6 is 0 Å². The van der Waals surface area contributed by atoms with Crippen LogP contribution in [0.1, 0.15) is 11.1 Å². The predicted molar refractivity (Wildman–Crippen MR) is 122 cm³/mol. The summed E-state index contributed by atoms with van der Waals surface area (Å²) in [7, 11) is 1.68. The van der Waals surface area contributed by atoms with Gasteiger partial charge in [-0.15, -0.1) is 0 Å².